The van der Waals surface area contributed by atoms with Crippen molar-refractivity contribution in [1.29, 1.82) is 0 Å². The van der Waals surface area contributed by atoms with Gasteiger partial charge >= 0.3 is 0 Å². The highest BCUT2D eigenvalue weighted by atomic mass is 16.5. The van der Waals surface area contributed by atoms with Gasteiger partial charge in [0.2, 0.25) is 0 Å². The number of aromatic nitrogens is 4. The van der Waals surface area contributed by atoms with E-state index in [1.165, 1.54) is 0 Å². The fourth-order valence-electron chi connectivity index (χ4n) is 1.37. The van der Waals surface area contributed by atoms with Crippen molar-refractivity contribution in [3.05, 3.63) is 23.8 Å². The lowest BCUT2D eigenvalue weighted by Crippen LogP contribution is -1.95. The maximum absolute atomic E-state index is 5.53. The standard InChI is InChI=1S/C10H12N4O/c1-3-15-9-6-7(2)4-5-8(9)10-11-13-14-12-10/h4-6H,3H2,1-2H3,(H,11,12,13,14). The summed E-state index contributed by atoms with van der Waals surface area (Å²) in [4.78, 5) is 0. The monoisotopic (exact) mass is 204 g/mol. The lowest BCUT2D eigenvalue weighted by molar-refractivity contribution is 0.341. The molecule has 0 fully saturated rings. The van der Waals surface area contributed by atoms with Crippen LogP contribution in [0, 0.1) is 6.92 Å². The van der Waals surface area contributed by atoms with Crippen LogP contribution < -0.4 is 4.74 Å². The summed E-state index contributed by atoms with van der Waals surface area (Å²) in [5.41, 5.74) is 2.03. The zero-order valence-electron chi connectivity index (χ0n) is 8.69. The first-order chi connectivity index (χ1) is 7.31. The number of H-pyrrole nitrogens is 1. The van der Waals surface area contributed by atoms with Crippen LogP contribution in [0.2, 0.25) is 0 Å². The van der Waals surface area contributed by atoms with Gasteiger partial charge in [0.15, 0.2) is 5.82 Å². The number of benzene rings is 1. The number of rotatable bonds is 3. The van der Waals surface area contributed by atoms with E-state index in [2.05, 4.69) is 20.6 Å². The van der Waals surface area contributed by atoms with Crippen molar-refractivity contribution in [3.8, 4) is 17.1 Å². The van der Waals surface area contributed by atoms with E-state index in [4.69, 9.17) is 4.74 Å². The Hall–Kier alpha value is -1.91. The van der Waals surface area contributed by atoms with Crippen LogP contribution in [0.4, 0.5) is 0 Å². The normalized spacial score (nSPS) is 10.3. The molecule has 1 heterocycles. The van der Waals surface area contributed by atoms with Crippen LogP contribution in [0.3, 0.4) is 0 Å². The third kappa shape index (κ3) is 1.96. The molecule has 5 heteroatoms. The van der Waals surface area contributed by atoms with E-state index < -0.39 is 0 Å². The molecule has 5 nitrogen and oxygen atoms in total. The highest BCUT2D eigenvalue weighted by Gasteiger charge is 2.09. The molecule has 1 aromatic heterocycles. The van der Waals surface area contributed by atoms with Gasteiger partial charge in [-0.15, -0.1) is 5.10 Å². The van der Waals surface area contributed by atoms with Gasteiger partial charge in [-0.05, 0) is 42.0 Å². The molecule has 1 aromatic carbocycles. The molecule has 0 radical (unpaired) electrons. The zero-order valence-corrected chi connectivity index (χ0v) is 8.69. The van der Waals surface area contributed by atoms with Crippen LogP contribution in [-0.4, -0.2) is 27.2 Å². The fraction of sp³-hybridized carbons (Fsp3) is 0.300. The van der Waals surface area contributed by atoms with Crippen LogP contribution in [0.25, 0.3) is 11.4 Å². The minimum absolute atomic E-state index is 0.623. The summed E-state index contributed by atoms with van der Waals surface area (Å²) in [5, 5.41) is 13.7. The minimum atomic E-state index is 0.623. The topological polar surface area (TPSA) is 63.7 Å². The van der Waals surface area contributed by atoms with E-state index in [0.29, 0.717) is 12.4 Å². The van der Waals surface area contributed by atoms with E-state index in [-0.39, 0.29) is 0 Å². The molecule has 0 unspecified atom stereocenters. The summed E-state index contributed by atoms with van der Waals surface area (Å²) in [6.07, 6.45) is 0. The second kappa shape index (κ2) is 4.08. The van der Waals surface area contributed by atoms with Crippen molar-refractivity contribution < 1.29 is 4.74 Å². The minimum Gasteiger partial charge on any atom is -0.493 e. The molecule has 0 aliphatic rings. The van der Waals surface area contributed by atoms with Crippen LogP contribution in [0.5, 0.6) is 5.75 Å². The van der Waals surface area contributed by atoms with Gasteiger partial charge in [-0.25, -0.2) is 5.10 Å². The van der Waals surface area contributed by atoms with Gasteiger partial charge in [-0.2, -0.15) is 0 Å². The Kier molecular flexibility index (Phi) is 2.62. The number of nitrogens with zero attached hydrogens (tertiary/aromatic N) is 3. The summed E-state index contributed by atoms with van der Waals surface area (Å²) in [5.74, 6) is 1.43. The van der Waals surface area contributed by atoms with Crippen molar-refractivity contribution in [2.75, 3.05) is 6.61 Å². The van der Waals surface area contributed by atoms with Crippen LogP contribution in [0.1, 0.15) is 12.5 Å². The molecule has 2 rings (SSSR count). The molecule has 0 spiro atoms. The third-order valence-electron chi connectivity index (χ3n) is 2.04. The third-order valence-corrected chi connectivity index (χ3v) is 2.04. The summed E-state index contributed by atoms with van der Waals surface area (Å²) < 4.78 is 5.53. The smallest absolute Gasteiger partial charge is 0.183 e. The molecule has 0 saturated carbocycles. The van der Waals surface area contributed by atoms with Crippen molar-refractivity contribution in [1.82, 2.24) is 20.6 Å². The Balaban J connectivity index is 2.46. The number of aromatic amines is 1. The van der Waals surface area contributed by atoms with E-state index in [0.717, 1.165) is 16.9 Å². The molecular formula is C10H12N4O. The van der Waals surface area contributed by atoms with Crippen molar-refractivity contribution >= 4 is 0 Å². The molecule has 1 N–H and O–H groups in total. The predicted octanol–water partition coefficient (Wildman–Crippen LogP) is 1.57. The fourth-order valence-corrected chi connectivity index (χ4v) is 1.37. The Morgan fingerprint density at radius 1 is 1.40 bits per heavy atom. The quantitative estimate of drug-likeness (QED) is 0.824. The second-order valence-electron chi connectivity index (χ2n) is 3.18. The lowest BCUT2D eigenvalue weighted by atomic mass is 10.1. The first-order valence-electron chi connectivity index (χ1n) is 4.79. The number of tetrazole rings is 1. The van der Waals surface area contributed by atoms with Crippen LogP contribution in [0.15, 0.2) is 18.2 Å². The number of nitrogens with one attached hydrogen (secondary N) is 1. The van der Waals surface area contributed by atoms with Crippen LogP contribution >= 0.6 is 0 Å². The van der Waals surface area contributed by atoms with Gasteiger partial charge in [0.1, 0.15) is 5.75 Å². The van der Waals surface area contributed by atoms with Gasteiger partial charge in [-0.3, -0.25) is 0 Å². The SMILES string of the molecule is CCOc1cc(C)ccc1-c1nnn[nH]1. The number of hydrogen-bond donors (Lipinski definition) is 1. The number of aryl methyl sites for hydroxylation is 1. The van der Waals surface area contributed by atoms with Gasteiger partial charge < -0.3 is 4.74 Å². The molecule has 15 heavy (non-hydrogen) atoms. The Bertz CT molecular complexity index is 439. The molecule has 0 saturated heterocycles. The molecule has 2 aromatic rings. The largest absolute Gasteiger partial charge is 0.493 e. The molecule has 0 aliphatic heterocycles. The Labute approximate surface area is 87.5 Å². The summed E-state index contributed by atoms with van der Waals surface area (Å²) in [7, 11) is 0. The molecule has 0 bridgehead atoms. The van der Waals surface area contributed by atoms with Crippen LogP contribution in [-0.2, 0) is 0 Å². The average Bonchev–Trinajstić information content (AvgIpc) is 2.71. The average molecular weight is 204 g/mol. The molecule has 0 aliphatic carbocycles. The highest BCUT2D eigenvalue weighted by molar-refractivity contribution is 5.64. The van der Waals surface area contributed by atoms with E-state index in [1.54, 1.807) is 0 Å². The van der Waals surface area contributed by atoms with Crippen molar-refractivity contribution in [3.63, 3.8) is 0 Å². The summed E-state index contributed by atoms with van der Waals surface area (Å²) in [6.45, 7) is 4.59. The first-order valence-corrected chi connectivity index (χ1v) is 4.79. The first kappa shape index (κ1) is 9.64. The molecule has 78 valence electrons. The van der Waals surface area contributed by atoms with Gasteiger partial charge in [0.05, 0.1) is 12.2 Å². The summed E-state index contributed by atoms with van der Waals surface area (Å²) >= 11 is 0. The van der Waals surface area contributed by atoms with E-state index in [9.17, 15) is 0 Å². The predicted molar refractivity (Wildman–Crippen MR) is 55.5 cm³/mol. The maximum atomic E-state index is 5.53. The summed E-state index contributed by atoms with van der Waals surface area (Å²) in [6, 6.07) is 5.92. The molecule has 0 amide bonds. The maximum Gasteiger partial charge on any atom is 0.183 e. The van der Waals surface area contributed by atoms with Gasteiger partial charge in [-0.1, -0.05) is 6.07 Å². The zero-order chi connectivity index (χ0) is 10.7. The van der Waals surface area contributed by atoms with E-state index >= 15 is 0 Å². The molecule has 0 atom stereocenters. The van der Waals surface area contributed by atoms with E-state index in [1.807, 2.05) is 32.0 Å². The van der Waals surface area contributed by atoms with Crippen molar-refractivity contribution in [2.24, 2.45) is 0 Å². The highest BCUT2D eigenvalue weighted by Crippen LogP contribution is 2.27. The second-order valence-corrected chi connectivity index (χ2v) is 3.18. The Morgan fingerprint density at radius 2 is 2.27 bits per heavy atom. The number of hydrogen-bond acceptors (Lipinski definition) is 4. The van der Waals surface area contributed by atoms with Crippen molar-refractivity contribution in [2.45, 2.75) is 13.8 Å². The molecular weight excluding hydrogens is 192 g/mol. The van der Waals surface area contributed by atoms with Gasteiger partial charge in [0, 0.05) is 0 Å². The lowest BCUT2D eigenvalue weighted by Gasteiger charge is -2.08. The van der Waals surface area contributed by atoms with Gasteiger partial charge in [0.25, 0.3) is 0 Å². The number of ether oxygens (including phenoxy) is 1. The Morgan fingerprint density at radius 3 is 2.93 bits per heavy atom.